The quantitative estimate of drug-likeness (QED) is 0.436. The molecule has 2 atom stereocenters. The summed E-state index contributed by atoms with van der Waals surface area (Å²) in [5.41, 5.74) is 2.13. The molecular formula is C27H30F3N7O3S. The van der Waals surface area contributed by atoms with Crippen molar-refractivity contribution in [3.8, 4) is 0 Å². The average molecular weight is 590 g/mol. The largest absolute Gasteiger partial charge is 0.416 e. The number of carbonyl (C=O) groups is 1. The highest BCUT2D eigenvalue weighted by atomic mass is 32.2. The third-order valence-electron chi connectivity index (χ3n) is 7.39. The van der Waals surface area contributed by atoms with Crippen molar-refractivity contribution < 1.29 is 26.4 Å². The Balaban J connectivity index is 1.20. The minimum atomic E-state index is -4.41. The molecule has 41 heavy (non-hydrogen) atoms. The van der Waals surface area contributed by atoms with E-state index < -0.39 is 21.8 Å². The Hall–Kier alpha value is -3.78. The molecule has 0 spiro atoms. The number of amides is 1. The van der Waals surface area contributed by atoms with E-state index in [1.165, 1.54) is 31.3 Å². The molecule has 4 heterocycles. The molecule has 3 aromatic rings. The molecule has 0 unspecified atom stereocenters. The second-order valence-electron chi connectivity index (χ2n) is 10.6. The molecule has 2 aliphatic rings. The Morgan fingerprint density at radius 3 is 2.59 bits per heavy atom. The first-order valence-electron chi connectivity index (χ1n) is 13.1. The zero-order valence-electron chi connectivity index (χ0n) is 22.7. The Morgan fingerprint density at radius 1 is 1.12 bits per heavy atom. The average Bonchev–Trinajstić information content (AvgIpc) is 3.30. The highest BCUT2D eigenvalue weighted by molar-refractivity contribution is 7.92. The van der Waals surface area contributed by atoms with Crippen LogP contribution in [0.15, 0.2) is 42.7 Å². The standard InChI is InChI=1S/C27H30F3N7O3S/c1-16-10-20(4-5-22(16)27(28,29)30)33-26-32-13-19-14-36(15-23(19)34-26)21-7-9-37(17(2)11-21)25(38)18-6-8-31-24(12-18)35-41(3,39)40/h4-6,8,10,12-13,17,21H,7,9,11,14-15H2,1-3H3,(H,31,35)(H,32,33,34)/t17-,21-/m1/s1. The third-order valence-corrected chi connectivity index (χ3v) is 7.97. The number of sulfonamides is 1. The summed E-state index contributed by atoms with van der Waals surface area (Å²) >= 11 is 0. The minimum Gasteiger partial charge on any atom is -0.336 e. The Kier molecular flexibility index (Phi) is 7.64. The number of hydrogen-bond donors (Lipinski definition) is 2. The van der Waals surface area contributed by atoms with Crippen molar-refractivity contribution in [2.45, 2.75) is 58.0 Å². The van der Waals surface area contributed by atoms with Crippen molar-refractivity contribution in [1.82, 2.24) is 24.8 Å². The zero-order valence-corrected chi connectivity index (χ0v) is 23.6. The van der Waals surface area contributed by atoms with Crippen molar-refractivity contribution in [3.05, 3.63) is 70.7 Å². The van der Waals surface area contributed by atoms with Gasteiger partial charge in [-0.1, -0.05) is 0 Å². The number of fused-ring (bicyclic) bond motifs is 1. The first-order valence-corrected chi connectivity index (χ1v) is 14.9. The molecule has 1 amide bonds. The van der Waals surface area contributed by atoms with Crippen LogP contribution in [-0.4, -0.2) is 64.0 Å². The SMILES string of the molecule is Cc1cc(Nc2ncc3c(n2)CN([C@@H]2CCN(C(=O)c4ccnc(NS(C)(=O)=O)c4)[C@H](C)C2)C3)ccc1C(F)(F)F. The van der Waals surface area contributed by atoms with E-state index in [4.69, 9.17) is 0 Å². The van der Waals surface area contributed by atoms with Crippen LogP contribution < -0.4 is 10.0 Å². The van der Waals surface area contributed by atoms with E-state index in [0.717, 1.165) is 36.4 Å². The topological polar surface area (TPSA) is 120 Å². The molecule has 1 aromatic carbocycles. The van der Waals surface area contributed by atoms with E-state index in [2.05, 4.69) is 29.9 Å². The fourth-order valence-electron chi connectivity index (χ4n) is 5.44. The number of piperidine rings is 1. The maximum Gasteiger partial charge on any atom is 0.416 e. The van der Waals surface area contributed by atoms with Crippen LogP contribution >= 0.6 is 0 Å². The van der Waals surface area contributed by atoms with Crippen LogP contribution in [0.4, 0.5) is 30.6 Å². The molecule has 5 rings (SSSR count). The summed E-state index contributed by atoms with van der Waals surface area (Å²) in [5.74, 6) is 0.236. The predicted molar refractivity (Wildman–Crippen MR) is 147 cm³/mol. The molecule has 1 saturated heterocycles. The summed E-state index contributed by atoms with van der Waals surface area (Å²) in [6.07, 6.45) is 1.28. The van der Waals surface area contributed by atoms with E-state index in [1.54, 1.807) is 17.2 Å². The van der Waals surface area contributed by atoms with E-state index in [1.807, 2.05) is 6.92 Å². The first kappa shape index (κ1) is 28.7. The van der Waals surface area contributed by atoms with Gasteiger partial charge < -0.3 is 10.2 Å². The lowest BCUT2D eigenvalue weighted by Gasteiger charge is -2.41. The van der Waals surface area contributed by atoms with Crippen LogP contribution in [0.25, 0.3) is 0 Å². The monoisotopic (exact) mass is 589 g/mol. The van der Waals surface area contributed by atoms with E-state index >= 15 is 0 Å². The molecule has 0 radical (unpaired) electrons. The van der Waals surface area contributed by atoms with Crippen LogP contribution in [0.2, 0.25) is 0 Å². The summed E-state index contributed by atoms with van der Waals surface area (Å²) in [4.78, 5) is 30.3. The lowest BCUT2D eigenvalue weighted by atomic mass is 9.96. The summed E-state index contributed by atoms with van der Waals surface area (Å²) in [5, 5.41) is 3.01. The van der Waals surface area contributed by atoms with E-state index in [0.29, 0.717) is 36.8 Å². The maximum absolute atomic E-state index is 13.2. The number of alkyl halides is 3. The molecule has 0 bridgehead atoms. The van der Waals surface area contributed by atoms with Gasteiger partial charge in [-0.15, -0.1) is 0 Å². The predicted octanol–water partition coefficient (Wildman–Crippen LogP) is 4.32. The van der Waals surface area contributed by atoms with Gasteiger partial charge in [0.05, 0.1) is 17.5 Å². The second kappa shape index (κ2) is 10.9. The number of aromatic nitrogens is 3. The van der Waals surface area contributed by atoms with Crippen LogP contribution in [0, 0.1) is 6.92 Å². The van der Waals surface area contributed by atoms with Gasteiger partial charge in [-0.05, 0) is 62.6 Å². The van der Waals surface area contributed by atoms with Crippen LogP contribution in [0.1, 0.15) is 52.5 Å². The normalized spacial score (nSPS) is 19.6. The summed E-state index contributed by atoms with van der Waals surface area (Å²) in [6, 6.07) is 7.03. The van der Waals surface area contributed by atoms with Gasteiger partial charge >= 0.3 is 6.18 Å². The number of nitrogens with zero attached hydrogens (tertiary/aromatic N) is 5. The maximum atomic E-state index is 13.2. The van der Waals surface area contributed by atoms with Crippen molar-refractivity contribution in [3.63, 3.8) is 0 Å². The van der Waals surface area contributed by atoms with Crippen molar-refractivity contribution in [2.24, 2.45) is 0 Å². The number of nitrogens with one attached hydrogen (secondary N) is 2. The van der Waals surface area contributed by atoms with Gasteiger partial charge in [0.2, 0.25) is 16.0 Å². The number of pyridine rings is 1. The minimum absolute atomic E-state index is 0.0457. The summed E-state index contributed by atoms with van der Waals surface area (Å²) in [6.45, 7) is 5.23. The van der Waals surface area contributed by atoms with E-state index in [-0.39, 0.29) is 29.4 Å². The number of likely N-dealkylation sites (tertiary alicyclic amines) is 1. The molecule has 14 heteroatoms. The first-order chi connectivity index (χ1) is 19.3. The van der Waals surface area contributed by atoms with Crippen LogP contribution in [-0.2, 0) is 29.3 Å². The van der Waals surface area contributed by atoms with Gasteiger partial charge in [0.25, 0.3) is 5.91 Å². The van der Waals surface area contributed by atoms with Crippen LogP contribution in [0.3, 0.4) is 0 Å². The van der Waals surface area contributed by atoms with Gasteiger partial charge in [-0.3, -0.25) is 14.4 Å². The van der Waals surface area contributed by atoms with Gasteiger partial charge in [0.15, 0.2) is 0 Å². The van der Waals surface area contributed by atoms with Crippen molar-refractivity contribution >= 4 is 33.4 Å². The van der Waals surface area contributed by atoms with Crippen LogP contribution in [0.5, 0.6) is 0 Å². The number of hydrogen-bond acceptors (Lipinski definition) is 8. The molecule has 2 aliphatic heterocycles. The van der Waals surface area contributed by atoms with Crippen molar-refractivity contribution in [2.75, 3.05) is 22.8 Å². The van der Waals surface area contributed by atoms with Crippen molar-refractivity contribution in [1.29, 1.82) is 0 Å². The highest BCUT2D eigenvalue weighted by Crippen LogP contribution is 2.34. The Bertz CT molecular complexity index is 1580. The third kappa shape index (κ3) is 6.59. The van der Waals surface area contributed by atoms with Gasteiger partial charge in [0.1, 0.15) is 5.82 Å². The summed E-state index contributed by atoms with van der Waals surface area (Å²) < 4.78 is 64.6. The number of carbonyl (C=O) groups excluding carboxylic acids is 1. The molecule has 0 saturated carbocycles. The Labute approximate surface area is 236 Å². The van der Waals surface area contributed by atoms with Gasteiger partial charge in [-0.25, -0.2) is 23.4 Å². The number of benzene rings is 1. The molecule has 0 aliphatic carbocycles. The number of halogens is 3. The van der Waals surface area contributed by atoms with Gasteiger partial charge in [0, 0.05) is 60.9 Å². The number of aryl methyl sites for hydroxylation is 1. The lowest BCUT2D eigenvalue weighted by Crippen LogP contribution is -2.50. The Morgan fingerprint density at radius 2 is 1.90 bits per heavy atom. The van der Waals surface area contributed by atoms with E-state index in [9.17, 15) is 26.4 Å². The smallest absolute Gasteiger partial charge is 0.336 e. The molecule has 10 nitrogen and oxygen atoms in total. The number of rotatable bonds is 6. The van der Waals surface area contributed by atoms with Gasteiger partial charge in [-0.2, -0.15) is 13.2 Å². The zero-order chi connectivity index (χ0) is 29.5. The molecule has 218 valence electrons. The molecule has 2 N–H and O–H groups in total. The molecule has 1 fully saturated rings. The fraction of sp³-hybridized carbons (Fsp3) is 0.407. The fourth-order valence-corrected chi connectivity index (χ4v) is 5.93. The molecule has 2 aromatic heterocycles. The highest BCUT2D eigenvalue weighted by Gasteiger charge is 2.35. The second-order valence-corrected chi connectivity index (χ2v) is 12.3. The number of anilines is 3. The lowest BCUT2D eigenvalue weighted by molar-refractivity contribution is -0.138. The summed E-state index contributed by atoms with van der Waals surface area (Å²) in [7, 11) is -3.52. The molecular weight excluding hydrogens is 559 g/mol.